The van der Waals surface area contributed by atoms with Crippen LogP contribution < -0.4 is 11.2 Å². The predicted octanol–water partition coefficient (Wildman–Crippen LogP) is 2.28. The molecule has 1 amide bonds. The van der Waals surface area contributed by atoms with E-state index >= 15 is 0 Å². The maximum atomic E-state index is 10.7. The number of carbonyl (C=O) groups excluding carboxylic acids is 1. The van der Waals surface area contributed by atoms with Gasteiger partial charge in [0.1, 0.15) is 0 Å². The largest absolute Gasteiger partial charge is 0.370 e. The van der Waals surface area contributed by atoms with Crippen molar-refractivity contribution in [2.75, 3.05) is 6.61 Å². The zero-order valence-corrected chi connectivity index (χ0v) is 13.1. The number of aromatic nitrogens is 2. The molecule has 0 unspecified atom stereocenters. The standard InChI is InChI=1S/C16H26N4O2/c17-16(21)8-4-5-11-22-19-15(12-20-10-9-18-13-20)14-6-2-1-3-7-14/h9-10,13,19H,1-8,11-12H2,(H2,17,21). The summed E-state index contributed by atoms with van der Waals surface area (Å²) in [6.07, 6.45) is 13.7. The Hall–Kier alpha value is -1.82. The second kappa shape index (κ2) is 9.25. The van der Waals surface area contributed by atoms with E-state index in [1.54, 1.807) is 6.20 Å². The predicted molar refractivity (Wildman–Crippen MR) is 84.5 cm³/mol. The number of hydrogen-bond donors (Lipinski definition) is 2. The van der Waals surface area contributed by atoms with E-state index < -0.39 is 0 Å². The van der Waals surface area contributed by atoms with Crippen LogP contribution >= 0.6 is 0 Å². The number of hydrogen-bond acceptors (Lipinski definition) is 4. The summed E-state index contributed by atoms with van der Waals surface area (Å²) in [5.74, 6) is -0.252. The van der Waals surface area contributed by atoms with Gasteiger partial charge in [0, 0.05) is 18.8 Å². The van der Waals surface area contributed by atoms with E-state index in [9.17, 15) is 4.79 Å². The van der Waals surface area contributed by atoms with Gasteiger partial charge in [-0.15, -0.1) is 0 Å². The highest BCUT2D eigenvalue weighted by atomic mass is 16.6. The molecule has 6 heteroatoms. The number of nitrogens with two attached hydrogens (primary N) is 1. The first kappa shape index (κ1) is 16.5. The van der Waals surface area contributed by atoms with Crippen molar-refractivity contribution in [2.45, 2.75) is 57.9 Å². The van der Waals surface area contributed by atoms with Crippen LogP contribution in [0.4, 0.5) is 0 Å². The summed E-state index contributed by atoms with van der Waals surface area (Å²) in [5.41, 5.74) is 10.8. The molecule has 1 saturated carbocycles. The van der Waals surface area contributed by atoms with Crippen LogP contribution in [0.25, 0.3) is 0 Å². The Morgan fingerprint density at radius 1 is 1.32 bits per heavy atom. The SMILES string of the molecule is NC(=O)CCCCONC(Cn1ccnc1)=C1CCCCC1. The van der Waals surface area contributed by atoms with Crippen molar-refractivity contribution in [2.24, 2.45) is 5.73 Å². The minimum Gasteiger partial charge on any atom is -0.370 e. The number of hydroxylamine groups is 1. The highest BCUT2D eigenvalue weighted by Crippen LogP contribution is 2.25. The zero-order valence-electron chi connectivity index (χ0n) is 13.1. The number of primary amides is 1. The van der Waals surface area contributed by atoms with Crippen LogP contribution in [0.15, 0.2) is 30.0 Å². The van der Waals surface area contributed by atoms with E-state index in [2.05, 4.69) is 10.5 Å². The first-order chi connectivity index (χ1) is 10.8. The van der Waals surface area contributed by atoms with Gasteiger partial charge in [0.2, 0.25) is 5.91 Å². The number of imidazole rings is 1. The van der Waals surface area contributed by atoms with Gasteiger partial charge in [-0.2, -0.15) is 0 Å². The fraction of sp³-hybridized carbons (Fsp3) is 0.625. The highest BCUT2D eigenvalue weighted by Gasteiger charge is 2.12. The van der Waals surface area contributed by atoms with Gasteiger partial charge in [0.05, 0.1) is 25.2 Å². The Morgan fingerprint density at radius 3 is 2.82 bits per heavy atom. The van der Waals surface area contributed by atoms with Crippen LogP contribution in [0.5, 0.6) is 0 Å². The second-order valence-corrected chi connectivity index (χ2v) is 5.75. The van der Waals surface area contributed by atoms with Crippen LogP contribution in [0.3, 0.4) is 0 Å². The minimum atomic E-state index is -0.252. The molecule has 3 N–H and O–H groups in total. The molecular weight excluding hydrogens is 280 g/mol. The number of carbonyl (C=O) groups is 1. The molecule has 1 aliphatic carbocycles. The summed E-state index contributed by atoms with van der Waals surface area (Å²) in [6.45, 7) is 1.34. The van der Waals surface area contributed by atoms with Crippen molar-refractivity contribution in [3.63, 3.8) is 0 Å². The minimum absolute atomic E-state index is 0.252. The van der Waals surface area contributed by atoms with Crippen molar-refractivity contribution in [3.05, 3.63) is 30.0 Å². The molecule has 0 spiro atoms. The molecule has 1 aromatic rings. The molecule has 22 heavy (non-hydrogen) atoms. The Balaban J connectivity index is 1.81. The van der Waals surface area contributed by atoms with E-state index in [4.69, 9.17) is 10.6 Å². The molecule has 1 aliphatic rings. The van der Waals surface area contributed by atoms with Gasteiger partial charge in [-0.1, -0.05) is 6.42 Å². The smallest absolute Gasteiger partial charge is 0.217 e. The fourth-order valence-electron chi connectivity index (χ4n) is 2.67. The van der Waals surface area contributed by atoms with E-state index in [-0.39, 0.29) is 5.91 Å². The quantitative estimate of drug-likeness (QED) is 0.541. The summed E-state index contributed by atoms with van der Waals surface area (Å²) in [6, 6.07) is 0. The molecular formula is C16H26N4O2. The third kappa shape index (κ3) is 5.89. The van der Waals surface area contributed by atoms with Crippen molar-refractivity contribution in [3.8, 4) is 0 Å². The van der Waals surface area contributed by atoms with Gasteiger partial charge in [-0.25, -0.2) is 4.98 Å². The molecule has 1 heterocycles. The van der Waals surface area contributed by atoms with E-state index in [1.165, 1.54) is 24.8 Å². The molecule has 2 rings (SSSR count). The number of nitrogens with one attached hydrogen (secondary N) is 1. The molecule has 0 atom stereocenters. The summed E-state index contributed by atoms with van der Waals surface area (Å²) in [7, 11) is 0. The molecule has 1 fully saturated rings. The van der Waals surface area contributed by atoms with Crippen molar-refractivity contribution < 1.29 is 9.63 Å². The average molecular weight is 306 g/mol. The van der Waals surface area contributed by atoms with Crippen LogP contribution in [-0.2, 0) is 16.2 Å². The number of unbranched alkanes of at least 4 members (excludes halogenated alkanes) is 1. The monoisotopic (exact) mass is 306 g/mol. The molecule has 0 bridgehead atoms. The lowest BCUT2D eigenvalue weighted by Gasteiger charge is -2.20. The molecule has 6 nitrogen and oxygen atoms in total. The van der Waals surface area contributed by atoms with E-state index in [1.807, 2.05) is 17.1 Å². The summed E-state index contributed by atoms with van der Waals surface area (Å²) in [4.78, 5) is 20.3. The molecule has 0 saturated heterocycles. The molecule has 0 aliphatic heterocycles. The number of rotatable bonds is 9. The normalized spacial score (nSPS) is 14.8. The Bertz CT molecular complexity index is 474. The van der Waals surface area contributed by atoms with Gasteiger partial charge in [-0.3, -0.25) is 15.1 Å². The Labute approximate surface area is 131 Å². The fourth-order valence-corrected chi connectivity index (χ4v) is 2.67. The average Bonchev–Trinajstić information content (AvgIpc) is 3.03. The van der Waals surface area contributed by atoms with E-state index in [0.29, 0.717) is 13.0 Å². The van der Waals surface area contributed by atoms with Crippen LogP contribution in [0, 0.1) is 0 Å². The number of amides is 1. The zero-order chi connectivity index (χ0) is 15.6. The van der Waals surface area contributed by atoms with Gasteiger partial charge in [0.25, 0.3) is 0 Å². The maximum absolute atomic E-state index is 10.7. The second-order valence-electron chi connectivity index (χ2n) is 5.75. The lowest BCUT2D eigenvalue weighted by molar-refractivity contribution is -0.118. The van der Waals surface area contributed by atoms with Crippen LogP contribution in [0.1, 0.15) is 51.4 Å². The van der Waals surface area contributed by atoms with Crippen molar-refractivity contribution in [1.29, 1.82) is 0 Å². The van der Waals surface area contributed by atoms with Gasteiger partial charge < -0.3 is 10.3 Å². The highest BCUT2D eigenvalue weighted by molar-refractivity contribution is 5.73. The maximum Gasteiger partial charge on any atom is 0.217 e. The van der Waals surface area contributed by atoms with E-state index in [0.717, 1.165) is 37.9 Å². The Kier molecular flexibility index (Phi) is 6.96. The number of allylic oxidation sites excluding steroid dienone is 2. The summed E-state index contributed by atoms with van der Waals surface area (Å²) >= 11 is 0. The Morgan fingerprint density at radius 2 is 2.14 bits per heavy atom. The molecule has 0 radical (unpaired) electrons. The molecule has 1 aromatic heterocycles. The number of nitrogens with zero attached hydrogens (tertiary/aromatic N) is 2. The van der Waals surface area contributed by atoms with Gasteiger partial charge in [0.15, 0.2) is 0 Å². The van der Waals surface area contributed by atoms with Crippen molar-refractivity contribution >= 4 is 5.91 Å². The first-order valence-corrected chi connectivity index (χ1v) is 8.08. The van der Waals surface area contributed by atoms with Crippen molar-refractivity contribution in [1.82, 2.24) is 15.0 Å². The summed E-state index contributed by atoms with van der Waals surface area (Å²) < 4.78 is 2.04. The van der Waals surface area contributed by atoms with Crippen LogP contribution in [0.2, 0.25) is 0 Å². The lowest BCUT2D eigenvalue weighted by Crippen LogP contribution is -2.22. The summed E-state index contributed by atoms with van der Waals surface area (Å²) in [5, 5.41) is 0. The first-order valence-electron chi connectivity index (χ1n) is 8.08. The molecule has 122 valence electrons. The molecule has 0 aromatic carbocycles. The van der Waals surface area contributed by atoms with Gasteiger partial charge >= 0.3 is 0 Å². The lowest BCUT2D eigenvalue weighted by atomic mass is 9.93. The topological polar surface area (TPSA) is 82.2 Å². The third-order valence-electron chi connectivity index (χ3n) is 3.90. The van der Waals surface area contributed by atoms with Crippen LogP contribution in [-0.4, -0.2) is 22.1 Å². The third-order valence-corrected chi connectivity index (χ3v) is 3.90. The van der Waals surface area contributed by atoms with Gasteiger partial charge in [-0.05, 0) is 44.1 Å².